The maximum atomic E-state index is 9.48. The quantitative estimate of drug-likeness (QED) is 0.143. The Morgan fingerprint density at radius 1 is 0.242 bits per heavy atom. The maximum absolute atomic E-state index is 9.48. The Bertz CT molecular complexity index is 3180. The second-order valence-electron chi connectivity index (χ2n) is 14.7. The highest BCUT2D eigenvalue weighted by Crippen LogP contribution is 2.35. The van der Waals surface area contributed by atoms with Crippen molar-refractivity contribution in [1.82, 2.24) is 29.9 Å². The van der Waals surface area contributed by atoms with E-state index in [-0.39, 0.29) is 0 Å². The van der Waals surface area contributed by atoms with Crippen LogP contribution in [0.2, 0.25) is 0 Å². The minimum atomic E-state index is 0.566. The Balaban J connectivity index is 1.02. The molecule has 0 saturated carbocycles. The lowest BCUT2D eigenvalue weighted by Crippen LogP contribution is -2.01. The van der Waals surface area contributed by atoms with Gasteiger partial charge in [0.05, 0.1) is 11.6 Å². The molecule has 0 unspecified atom stereocenters. The van der Waals surface area contributed by atoms with Crippen LogP contribution in [0.15, 0.2) is 212 Å². The van der Waals surface area contributed by atoms with E-state index in [9.17, 15) is 5.26 Å². The van der Waals surface area contributed by atoms with Crippen molar-refractivity contribution in [2.75, 3.05) is 0 Å². The van der Waals surface area contributed by atoms with Crippen LogP contribution in [0, 0.1) is 11.3 Å². The van der Waals surface area contributed by atoms with E-state index in [4.69, 9.17) is 29.9 Å². The zero-order valence-electron chi connectivity index (χ0n) is 33.3. The van der Waals surface area contributed by atoms with Gasteiger partial charge in [-0.2, -0.15) is 5.26 Å². The van der Waals surface area contributed by atoms with Crippen molar-refractivity contribution in [3.05, 3.63) is 218 Å². The molecule has 10 aromatic rings. The Morgan fingerprint density at radius 2 is 0.565 bits per heavy atom. The van der Waals surface area contributed by atoms with Gasteiger partial charge in [0.25, 0.3) is 0 Å². The number of nitrogens with zero attached hydrogens (tertiary/aromatic N) is 7. The number of hydrogen-bond acceptors (Lipinski definition) is 7. The summed E-state index contributed by atoms with van der Waals surface area (Å²) >= 11 is 0. The zero-order chi connectivity index (χ0) is 41.7. The van der Waals surface area contributed by atoms with E-state index < -0.39 is 0 Å². The first-order valence-corrected chi connectivity index (χ1v) is 20.3. The molecule has 2 heterocycles. The van der Waals surface area contributed by atoms with Crippen LogP contribution >= 0.6 is 0 Å². The standard InChI is InChI=1S/C55H35N7/c56-36-37-15-12-22-43(33-37)44-23-13-24-45(34-44)46-25-14-26-47(35-46)54-59-50(39-16-4-1-5-17-39)57-53(60-54)42-31-29-38(30-32-42)48-27-10-11-28-49(48)55-61-51(40-18-6-2-7-19-40)58-52(62-55)41-20-8-3-9-21-41/h1-35H. The van der Waals surface area contributed by atoms with Gasteiger partial charge in [0.1, 0.15) is 0 Å². The molecule has 0 N–H and O–H groups in total. The molecule has 0 atom stereocenters. The summed E-state index contributed by atoms with van der Waals surface area (Å²) in [6.07, 6.45) is 0. The summed E-state index contributed by atoms with van der Waals surface area (Å²) in [5.41, 5.74) is 12.1. The lowest BCUT2D eigenvalue weighted by atomic mass is 9.97. The van der Waals surface area contributed by atoms with E-state index in [2.05, 4.69) is 72.8 Å². The summed E-state index contributed by atoms with van der Waals surface area (Å²) in [7, 11) is 0. The topological polar surface area (TPSA) is 101 Å². The monoisotopic (exact) mass is 793 g/mol. The fourth-order valence-corrected chi connectivity index (χ4v) is 7.49. The van der Waals surface area contributed by atoms with Crippen LogP contribution in [-0.4, -0.2) is 29.9 Å². The first-order chi connectivity index (χ1) is 30.6. The Morgan fingerprint density at radius 3 is 1.05 bits per heavy atom. The van der Waals surface area contributed by atoms with Crippen molar-refractivity contribution < 1.29 is 0 Å². The lowest BCUT2D eigenvalue weighted by molar-refractivity contribution is 1.07. The Hall–Kier alpha value is -8.73. The molecule has 10 rings (SSSR count). The summed E-state index contributed by atoms with van der Waals surface area (Å²) in [6, 6.07) is 73.0. The molecule has 8 aromatic carbocycles. The van der Waals surface area contributed by atoms with E-state index in [0.29, 0.717) is 40.5 Å². The zero-order valence-corrected chi connectivity index (χ0v) is 33.3. The second kappa shape index (κ2) is 16.9. The molecule has 7 heteroatoms. The van der Waals surface area contributed by atoms with Crippen molar-refractivity contribution >= 4 is 0 Å². The second-order valence-corrected chi connectivity index (χ2v) is 14.7. The number of aromatic nitrogens is 6. The molecule has 0 fully saturated rings. The first kappa shape index (κ1) is 37.5. The van der Waals surface area contributed by atoms with Gasteiger partial charge in [-0.3, -0.25) is 0 Å². The van der Waals surface area contributed by atoms with E-state index in [1.54, 1.807) is 0 Å². The molecule has 0 aliphatic rings. The SMILES string of the molecule is N#Cc1cccc(-c2cccc(-c3cccc(-c4nc(-c5ccccc5)nc(-c5ccc(-c6ccccc6-c6nc(-c7ccccc7)nc(-c7ccccc7)n6)cc5)n4)c3)c2)c1. The van der Waals surface area contributed by atoms with Crippen LogP contribution in [-0.2, 0) is 0 Å². The number of benzene rings is 8. The third-order valence-corrected chi connectivity index (χ3v) is 10.6. The largest absolute Gasteiger partial charge is 0.208 e. The normalized spacial score (nSPS) is 10.9. The highest BCUT2D eigenvalue weighted by molar-refractivity contribution is 5.83. The molecule has 0 aliphatic carbocycles. The van der Waals surface area contributed by atoms with Crippen molar-refractivity contribution in [1.29, 1.82) is 5.26 Å². The highest BCUT2D eigenvalue weighted by Gasteiger charge is 2.17. The number of hydrogen-bond donors (Lipinski definition) is 0. The minimum absolute atomic E-state index is 0.566. The van der Waals surface area contributed by atoms with Gasteiger partial charge in [-0.1, -0.05) is 188 Å². The average Bonchev–Trinajstić information content (AvgIpc) is 3.37. The summed E-state index contributed by atoms with van der Waals surface area (Å²) < 4.78 is 0. The predicted molar refractivity (Wildman–Crippen MR) is 247 cm³/mol. The van der Waals surface area contributed by atoms with Gasteiger partial charge >= 0.3 is 0 Å². The van der Waals surface area contributed by atoms with Gasteiger partial charge in [0.15, 0.2) is 34.9 Å². The fourth-order valence-electron chi connectivity index (χ4n) is 7.49. The van der Waals surface area contributed by atoms with Gasteiger partial charge in [-0.05, 0) is 57.6 Å². The summed E-state index contributed by atoms with van der Waals surface area (Å²) in [6.45, 7) is 0. The molecule has 0 amide bonds. The smallest absolute Gasteiger partial charge is 0.164 e. The molecule has 62 heavy (non-hydrogen) atoms. The van der Waals surface area contributed by atoms with Crippen LogP contribution in [0.4, 0.5) is 0 Å². The van der Waals surface area contributed by atoms with E-state index in [1.165, 1.54) is 0 Å². The molecule has 0 saturated heterocycles. The van der Waals surface area contributed by atoms with E-state index >= 15 is 0 Å². The minimum Gasteiger partial charge on any atom is -0.208 e. The predicted octanol–water partition coefficient (Wildman–Crippen LogP) is 12.9. The first-order valence-electron chi connectivity index (χ1n) is 20.3. The van der Waals surface area contributed by atoms with Crippen LogP contribution < -0.4 is 0 Å². The van der Waals surface area contributed by atoms with E-state index in [1.807, 2.05) is 146 Å². The van der Waals surface area contributed by atoms with Gasteiger partial charge in [0.2, 0.25) is 0 Å². The number of rotatable bonds is 9. The van der Waals surface area contributed by atoms with E-state index in [0.717, 1.165) is 66.8 Å². The molecule has 2 aromatic heterocycles. The summed E-state index contributed by atoms with van der Waals surface area (Å²) in [4.78, 5) is 30.0. The fraction of sp³-hybridized carbons (Fsp3) is 0. The van der Waals surface area contributed by atoms with Crippen LogP contribution in [0.5, 0.6) is 0 Å². The van der Waals surface area contributed by atoms with Crippen LogP contribution in [0.25, 0.3) is 102 Å². The summed E-state index contributed by atoms with van der Waals surface area (Å²) in [5, 5.41) is 9.48. The Labute approximate surface area is 359 Å². The van der Waals surface area contributed by atoms with Crippen molar-refractivity contribution in [2.24, 2.45) is 0 Å². The van der Waals surface area contributed by atoms with Crippen LogP contribution in [0.1, 0.15) is 5.56 Å². The molecule has 0 radical (unpaired) electrons. The highest BCUT2D eigenvalue weighted by atomic mass is 15.0. The average molecular weight is 794 g/mol. The van der Waals surface area contributed by atoms with Gasteiger partial charge in [-0.15, -0.1) is 0 Å². The molecule has 290 valence electrons. The van der Waals surface area contributed by atoms with Crippen molar-refractivity contribution in [3.63, 3.8) is 0 Å². The molecule has 0 aliphatic heterocycles. The third-order valence-electron chi connectivity index (χ3n) is 10.6. The molecule has 0 bridgehead atoms. The van der Waals surface area contributed by atoms with Gasteiger partial charge in [0, 0.05) is 33.4 Å². The number of nitriles is 1. The third kappa shape index (κ3) is 7.87. The molecular formula is C55H35N7. The Kier molecular flexibility index (Phi) is 10.2. The van der Waals surface area contributed by atoms with Crippen LogP contribution in [0.3, 0.4) is 0 Å². The lowest BCUT2D eigenvalue weighted by Gasteiger charge is -2.13. The maximum Gasteiger partial charge on any atom is 0.164 e. The van der Waals surface area contributed by atoms with Gasteiger partial charge < -0.3 is 0 Å². The molecular weight excluding hydrogens is 759 g/mol. The molecule has 0 spiro atoms. The molecule has 7 nitrogen and oxygen atoms in total. The summed E-state index contributed by atoms with van der Waals surface area (Å²) in [5.74, 6) is 3.54. The van der Waals surface area contributed by atoms with Gasteiger partial charge in [-0.25, -0.2) is 29.9 Å². The van der Waals surface area contributed by atoms with Crippen molar-refractivity contribution in [2.45, 2.75) is 0 Å². The van der Waals surface area contributed by atoms with Crippen molar-refractivity contribution in [3.8, 4) is 108 Å².